The van der Waals surface area contributed by atoms with Gasteiger partial charge < -0.3 is 0 Å². The molecule has 0 aromatic heterocycles. The maximum Gasteiger partial charge on any atom is 0.160 e. The van der Waals surface area contributed by atoms with Gasteiger partial charge in [0.25, 0.3) is 0 Å². The van der Waals surface area contributed by atoms with E-state index in [1.807, 2.05) is 48.8 Å². The molecule has 0 fully saturated rings. The standard InChI is InChI=1S/C18H19N3O/c1-15(22)18-10-6-5-9-17(18)12-21-14-19-13-20(21)11-16-7-3-2-4-8-16/h2-10,14H,11-13H2,1H3. The third-order valence-corrected chi connectivity index (χ3v) is 3.76. The van der Waals surface area contributed by atoms with E-state index < -0.39 is 0 Å². The Balaban J connectivity index is 1.74. The summed E-state index contributed by atoms with van der Waals surface area (Å²) in [5.41, 5.74) is 3.06. The summed E-state index contributed by atoms with van der Waals surface area (Å²) in [7, 11) is 0. The maximum atomic E-state index is 11.7. The number of carbonyl (C=O) groups is 1. The predicted molar refractivity (Wildman–Crippen MR) is 87.3 cm³/mol. The van der Waals surface area contributed by atoms with Crippen molar-refractivity contribution in [3.05, 3.63) is 71.3 Å². The van der Waals surface area contributed by atoms with Crippen LogP contribution >= 0.6 is 0 Å². The number of ketones is 1. The smallest absolute Gasteiger partial charge is 0.160 e. The molecule has 0 N–H and O–H groups in total. The molecule has 1 aliphatic heterocycles. The molecule has 0 atom stereocenters. The second-order valence-corrected chi connectivity index (χ2v) is 5.40. The van der Waals surface area contributed by atoms with Gasteiger partial charge in [0, 0.05) is 12.1 Å². The fourth-order valence-electron chi connectivity index (χ4n) is 2.63. The molecule has 4 heteroatoms. The zero-order valence-electron chi connectivity index (χ0n) is 12.6. The Hall–Kier alpha value is -2.46. The van der Waals surface area contributed by atoms with Crippen molar-refractivity contribution in [3.63, 3.8) is 0 Å². The number of hydrogen-bond acceptors (Lipinski definition) is 4. The van der Waals surface area contributed by atoms with E-state index in [2.05, 4.69) is 27.1 Å². The van der Waals surface area contributed by atoms with Gasteiger partial charge in [-0.2, -0.15) is 5.01 Å². The molecule has 3 rings (SSSR count). The highest BCUT2D eigenvalue weighted by Crippen LogP contribution is 2.17. The molecule has 2 aromatic rings. The summed E-state index contributed by atoms with van der Waals surface area (Å²) in [6.07, 6.45) is 1.85. The van der Waals surface area contributed by atoms with Crippen molar-refractivity contribution in [3.8, 4) is 0 Å². The highest BCUT2D eigenvalue weighted by Gasteiger charge is 2.19. The van der Waals surface area contributed by atoms with Gasteiger partial charge >= 0.3 is 0 Å². The average molecular weight is 293 g/mol. The second kappa shape index (κ2) is 6.54. The molecule has 2 aromatic carbocycles. The van der Waals surface area contributed by atoms with Crippen molar-refractivity contribution in [2.75, 3.05) is 6.67 Å². The third-order valence-electron chi connectivity index (χ3n) is 3.76. The Bertz CT molecular complexity index is 682. The van der Waals surface area contributed by atoms with Crippen LogP contribution in [-0.4, -0.2) is 28.8 Å². The van der Waals surface area contributed by atoms with Crippen LogP contribution in [0.4, 0.5) is 0 Å². The summed E-state index contributed by atoms with van der Waals surface area (Å²) >= 11 is 0. The quantitative estimate of drug-likeness (QED) is 0.795. The number of nitrogens with zero attached hydrogens (tertiary/aromatic N) is 3. The number of hydrogen-bond donors (Lipinski definition) is 0. The number of benzene rings is 2. The molecule has 0 bridgehead atoms. The predicted octanol–water partition coefficient (Wildman–Crippen LogP) is 3.11. The van der Waals surface area contributed by atoms with E-state index in [0.29, 0.717) is 13.2 Å². The Morgan fingerprint density at radius 2 is 1.77 bits per heavy atom. The van der Waals surface area contributed by atoms with E-state index in [-0.39, 0.29) is 5.78 Å². The molecule has 4 nitrogen and oxygen atoms in total. The van der Waals surface area contributed by atoms with E-state index in [4.69, 9.17) is 0 Å². The van der Waals surface area contributed by atoms with Crippen LogP contribution in [0.5, 0.6) is 0 Å². The van der Waals surface area contributed by atoms with Crippen LogP contribution in [-0.2, 0) is 13.1 Å². The molecule has 0 saturated carbocycles. The summed E-state index contributed by atoms with van der Waals surface area (Å²) in [6.45, 7) is 3.73. The molecule has 0 saturated heterocycles. The van der Waals surface area contributed by atoms with Gasteiger partial charge in [-0.05, 0) is 18.1 Å². The minimum Gasteiger partial charge on any atom is -0.294 e. The molecule has 0 unspecified atom stereocenters. The minimum atomic E-state index is 0.0985. The molecule has 0 amide bonds. The van der Waals surface area contributed by atoms with Crippen molar-refractivity contribution in [2.45, 2.75) is 20.0 Å². The molecule has 1 heterocycles. The van der Waals surface area contributed by atoms with Crippen LogP contribution in [0.1, 0.15) is 28.4 Å². The molecular weight excluding hydrogens is 274 g/mol. The molecule has 0 radical (unpaired) electrons. The molecular formula is C18H19N3O. The Morgan fingerprint density at radius 3 is 2.55 bits per heavy atom. The molecule has 22 heavy (non-hydrogen) atoms. The molecule has 0 aliphatic carbocycles. The summed E-state index contributed by atoms with van der Waals surface area (Å²) in [5, 5.41) is 4.25. The monoisotopic (exact) mass is 293 g/mol. The van der Waals surface area contributed by atoms with Crippen LogP contribution in [0, 0.1) is 0 Å². The van der Waals surface area contributed by atoms with Gasteiger partial charge in [-0.25, -0.2) is 0 Å². The Morgan fingerprint density at radius 1 is 1.05 bits per heavy atom. The summed E-state index contributed by atoms with van der Waals surface area (Å²) in [4.78, 5) is 16.1. The zero-order chi connectivity index (χ0) is 15.4. The van der Waals surface area contributed by atoms with E-state index in [9.17, 15) is 4.79 Å². The Kier molecular flexibility index (Phi) is 4.30. The first kappa shape index (κ1) is 14.5. The van der Waals surface area contributed by atoms with Gasteiger partial charge in [0.2, 0.25) is 0 Å². The molecule has 1 aliphatic rings. The second-order valence-electron chi connectivity index (χ2n) is 5.40. The minimum absolute atomic E-state index is 0.0985. The number of Topliss-reactive ketones (excluding diaryl/α,β-unsaturated/α-hetero) is 1. The lowest BCUT2D eigenvalue weighted by atomic mass is 10.0. The fourth-order valence-corrected chi connectivity index (χ4v) is 2.63. The first-order valence-electron chi connectivity index (χ1n) is 7.38. The van der Waals surface area contributed by atoms with E-state index >= 15 is 0 Å². The maximum absolute atomic E-state index is 11.7. The number of rotatable bonds is 5. The fraction of sp³-hybridized carbons (Fsp3) is 0.222. The van der Waals surface area contributed by atoms with E-state index in [0.717, 1.165) is 17.7 Å². The summed E-state index contributed by atoms with van der Waals surface area (Å²) in [6, 6.07) is 18.1. The van der Waals surface area contributed by atoms with E-state index in [1.54, 1.807) is 6.92 Å². The third kappa shape index (κ3) is 3.23. The zero-order valence-corrected chi connectivity index (χ0v) is 12.6. The SMILES string of the molecule is CC(=O)c1ccccc1CN1C=NCN1Cc1ccccc1. The highest BCUT2D eigenvalue weighted by molar-refractivity contribution is 5.95. The number of carbonyl (C=O) groups excluding carboxylic acids is 1. The van der Waals surface area contributed by atoms with Crippen LogP contribution in [0.2, 0.25) is 0 Å². The van der Waals surface area contributed by atoms with Crippen LogP contribution in [0.15, 0.2) is 59.6 Å². The van der Waals surface area contributed by atoms with Crippen molar-refractivity contribution >= 4 is 12.1 Å². The first-order chi connectivity index (χ1) is 10.7. The number of hydrazine groups is 1. The summed E-state index contributed by atoms with van der Waals surface area (Å²) in [5.74, 6) is 0.0985. The van der Waals surface area contributed by atoms with Crippen LogP contribution < -0.4 is 0 Å². The van der Waals surface area contributed by atoms with Gasteiger partial charge in [-0.15, -0.1) is 0 Å². The largest absolute Gasteiger partial charge is 0.294 e. The molecule has 0 spiro atoms. The van der Waals surface area contributed by atoms with Crippen molar-refractivity contribution in [1.82, 2.24) is 10.0 Å². The highest BCUT2D eigenvalue weighted by atomic mass is 16.1. The van der Waals surface area contributed by atoms with Crippen molar-refractivity contribution < 1.29 is 4.79 Å². The van der Waals surface area contributed by atoms with Crippen molar-refractivity contribution in [1.29, 1.82) is 0 Å². The topological polar surface area (TPSA) is 35.9 Å². The van der Waals surface area contributed by atoms with Crippen LogP contribution in [0.3, 0.4) is 0 Å². The van der Waals surface area contributed by atoms with E-state index in [1.165, 1.54) is 5.56 Å². The first-order valence-corrected chi connectivity index (χ1v) is 7.38. The Labute approximate surface area is 130 Å². The van der Waals surface area contributed by atoms with Gasteiger partial charge in [0.05, 0.1) is 6.54 Å². The lowest BCUT2D eigenvalue weighted by Crippen LogP contribution is -2.36. The average Bonchev–Trinajstić information content (AvgIpc) is 2.96. The number of aliphatic imine (C=N–C) groups is 1. The normalized spacial score (nSPS) is 14.5. The van der Waals surface area contributed by atoms with Crippen LogP contribution in [0.25, 0.3) is 0 Å². The van der Waals surface area contributed by atoms with Gasteiger partial charge in [-0.1, -0.05) is 54.6 Å². The van der Waals surface area contributed by atoms with Gasteiger partial charge in [-0.3, -0.25) is 14.8 Å². The molecule has 112 valence electrons. The lowest BCUT2D eigenvalue weighted by Gasteiger charge is -2.28. The van der Waals surface area contributed by atoms with Crippen molar-refractivity contribution in [2.24, 2.45) is 4.99 Å². The lowest BCUT2D eigenvalue weighted by molar-refractivity contribution is 0.0567. The van der Waals surface area contributed by atoms with Gasteiger partial charge in [0.1, 0.15) is 13.0 Å². The van der Waals surface area contributed by atoms with Gasteiger partial charge in [0.15, 0.2) is 5.78 Å². The summed E-state index contributed by atoms with van der Waals surface area (Å²) < 4.78 is 0.